The van der Waals surface area contributed by atoms with Gasteiger partial charge in [0.15, 0.2) is 5.79 Å². The molecule has 1 aliphatic heterocycles. The second kappa shape index (κ2) is 14.6. The van der Waals surface area contributed by atoms with Gasteiger partial charge in [-0.25, -0.2) is 0 Å². The van der Waals surface area contributed by atoms with Crippen LogP contribution in [0.3, 0.4) is 0 Å². The van der Waals surface area contributed by atoms with Crippen LogP contribution in [0.5, 0.6) is 0 Å². The number of carbonyl (C=O) groups excluding carboxylic acids is 2. The normalized spacial score (nSPS) is 29.1. The Morgan fingerprint density at radius 2 is 1.63 bits per heavy atom. The lowest BCUT2D eigenvalue weighted by Crippen LogP contribution is -2.65. The molecule has 1 rings (SSSR count). The average Bonchev–Trinajstić information content (AvgIpc) is 2.81. The van der Waals surface area contributed by atoms with E-state index in [0.717, 1.165) is 0 Å². The fourth-order valence-corrected chi connectivity index (χ4v) is 3.60. The Morgan fingerprint density at radius 1 is 1.00 bits per heavy atom. The number of likely N-dealkylation sites (N-methyl/N-ethyl adjacent to an activating group) is 1. The first kappa shape index (κ1) is 31.1. The van der Waals surface area contributed by atoms with Crippen LogP contribution in [0.2, 0.25) is 0 Å². The van der Waals surface area contributed by atoms with Gasteiger partial charge >= 0.3 is 5.97 Å². The molecule has 1 fully saturated rings. The van der Waals surface area contributed by atoms with E-state index in [2.05, 4.69) is 21.3 Å². The number of carboxylic acids is 1. The standard InChI is InChI=1S/C21H40N4O10/c1-4-23-13(19(31)24-11(2)18(30)25-12(3)20(32)33)6-5-8-22-9-7-21(34)17(29)16(28)15(27)14(10-26)35-21/h11-17,22-23,26-29,34H,4-10H2,1-3H3,(H,24,31)(H,25,30)(H,32,33)/t11-,12-,13-,14+,15-,16-,17+,21?/m0/s1. The molecule has 0 radical (unpaired) electrons. The van der Waals surface area contributed by atoms with E-state index in [9.17, 15) is 39.9 Å². The van der Waals surface area contributed by atoms with Crippen molar-refractivity contribution in [2.75, 3.05) is 26.2 Å². The molecule has 0 spiro atoms. The third-order valence-electron chi connectivity index (χ3n) is 5.81. The Kier molecular flexibility index (Phi) is 13.0. The second-order valence-electron chi connectivity index (χ2n) is 8.66. The fraction of sp³-hybridized carbons (Fsp3) is 0.857. The Hall–Kier alpha value is -1.91. The van der Waals surface area contributed by atoms with Crippen LogP contribution in [0.15, 0.2) is 0 Å². The highest BCUT2D eigenvalue weighted by molar-refractivity contribution is 5.91. The number of aliphatic hydroxyl groups is 5. The van der Waals surface area contributed by atoms with Gasteiger partial charge in [0, 0.05) is 13.0 Å². The van der Waals surface area contributed by atoms with Gasteiger partial charge in [0.05, 0.1) is 12.6 Å². The maximum Gasteiger partial charge on any atom is 0.325 e. The lowest BCUT2D eigenvalue weighted by Gasteiger charge is -2.45. The molecular weight excluding hydrogens is 468 g/mol. The summed E-state index contributed by atoms with van der Waals surface area (Å²) in [5, 5.41) is 69.2. The molecule has 14 nitrogen and oxygen atoms in total. The zero-order chi connectivity index (χ0) is 26.8. The molecule has 1 unspecified atom stereocenters. The van der Waals surface area contributed by atoms with Crippen LogP contribution in [-0.2, 0) is 19.1 Å². The smallest absolute Gasteiger partial charge is 0.325 e. The molecule has 35 heavy (non-hydrogen) atoms. The van der Waals surface area contributed by atoms with Crippen molar-refractivity contribution < 1.29 is 49.8 Å². The third kappa shape index (κ3) is 9.24. The van der Waals surface area contributed by atoms with Crippen LogP contribution in [0.25, 0.3) is 0 Å². The largest absolute Gasteiger partial charge is 0.480 e. The van der Waals surface area contributed by atoms with Crippen molar-refractivity contribution in [3.05, 3.63) is 0 Å². The molecule has 0 aromatic carbocycles. The zero-order valence-electron chi connectivity index (χ0n) is 20.3. The molecule has 1 aliphatic rings. The van der Waals surface area contributed by atoms with Crippen molar-refractivity contribution in [2.24, 2.45) is 0 Å². The van der Waals surface area contributed by atoms with E-state index in [0.29, 0.717) is 25.9 Å². The van der Waals surface area contributed by atoms with Crippen LogP contribution >= 0.6 is 0 Å². The summed E-state index contributed by atoms with van der Waals surface area (Å²) in [6, 6.07) is -2.61. The average molecular weight is 509 g/mol. The molecule has 0 saturated carbocycles. The summed E-state index contributed by atoms with van der Waals surface area (Å²) in [5.74, 6) is -4.36. The number of hydrogen-bond acceptors (Lipinski definition) is 11. The van der Waals surface area contributed by atoms with E-state index in [1.807, 2.05) is 6.92 Å². The van der Waals surface area contributed by atoms with E-state index in [4.69, 9.17) is 9.84 Å². The summed E-state index contributed by atoms with van der Waals surface area (Å²) in [5.41, 5.74) is 0. The monoisotopic (exact) mass is 508 g/mol. The minimum absolute atomic E-state index is 0.132. The van der Waals surface area contributed by atoms with Crippen molar-refractivity contribution in [3.8, 4) is 0 Å². The maximum atomic E-state index is 12.6. The molecule has 2 amide bonds. The zero-order valence-corrected chi connectivity index (χ0v) is 20.3. The highest BCUT2D eigenvalue weighted by atomic mass is 16.7. The highest BCUT2D eigenvalue weighted by Gasteiger charge is 2.52. The summed E-state index contributed by atoms with van der Waals surface area (Å²) >= 11 is 0. The lowest BCUT2D eigenvalue weighted by molar-refractivity contribution is -0.350. The maximum absolute atomic E-state index is 12.6. The van der Waals surface area contributed by atoms with Gasteiger partial charge < -0.3 is 56.6 Å². The topological polar surface area (TPSA) is 230 Å². The predicted molar refractivity (Wildman–Crippen MR) is 122 cm³/mol. The van der Waals surface area contributed by atoms with Crippen LogP contribution in [-0.4, -0.2) is 123 Å². The van der Waals surface area contributed by atoms with Crippen LogP contribution in [0.4, 0.5) is 0 Å². The molecule has 204 valence electrons. The van der Waals surface area contributed by atoms with Gasteiger partial charge in [-0.3, -0.25) is 14.4 Å². The Bertz CT molecular complexity index is 697. The molecule has 0 aromatic heterocycles. The van der Waals surface area contributed by atoms with E-state index < -0.39 is 72.7 Å². The fourth-order valence-electron chi connectivity index (χ4n) is 3.60. The number of ether oxygens (including phenoxy) is 1. The summed E-state index contributed by atoms with van der Waals surface area (Å²) in [6.07, 6.45) is -5.41. The number of nitrogens with one attached hydrogen (secondary N) is 4. The number of carboxylic acid groups (broad SMARTS) is 1. The van der Waals surface area contributed by atoms with Crippen LogP contribution in [0, 0.1) is 0 Å². The number of amides is 2. The quantitative estimate of drug-likeness (QED) is 0.0954. The van der Waals surface area contributed by atoms with Crippen molar-refractivity contribution >= 4 is 17.8 Å². The molecule has 1 heterocycles. The molecule has 0 aromatic rings. The second-order valence-corrected chi connectivity index (χ2v) is 8.66. The first-order valence-electron chi connectivity index (χ1n) is 11.7. The van der Waals surface area contributed by atoms with Crippen LogP contribution in [0.1, 0.15) is 40.0 Å². The van der Waals surface area contributed by atoms with E-state index >= 15 is 0 Å². The molecule has 0 bridgehead atoms. The van der Waals surface area contributed by atoms with Crippen molar-refractivity contribution in [1.29, 1.82) is 0 Å². The van der Waals surface area contributed by atoms with Crippen molar-refractivity contribution in [2.45, 2.75) is 88.4 Å². The number of rotatable bonds is 15. The van der Waals surface area contributed by atoms with Gasteiger partial charge in [0.1, 0.15) is 36.5 Å². The van der Waals surface area contributed by atoms with Crippen molar-refractivity contribution in [1.82, 2.24) is 21.3 Å². The summed E-state index contributed by atoms with van der Waals surface area (Å²) in [4.78, 5) is 35.5. The lowest BCUT2D eigenvalue weighted by atomic mass is 9.91. The van der Waals surface area contributed by atoms with Gasteiger partial charge in [-0.2, -0.15) is 0 Å². The number of carbonyl (C=O) groups is 3. The summed E-state index contributed by atoms with van der Waals surface area (Å²) in [7, 11) is 0. The first-order chi connectivity index (χ1) is 16.4. The Balaban J connectivity index is 2.45. The molecule has 14 heteroatoms. The molecular formula is C21H40N4O10. The van der Waals surface area contributed by atoms with E-state index in [1.54, 1.807) is 0 Å². The summed E-state index contributed by atoms with van der Waals surface area (Å²) < 4.78 is 5.20. The van der Waals surface area contributed by atoms with Gasteiger partial charge in [0.25, 0.3) is 0 Å². The minimum Gasteiger partial charge on any atom is -0.480 e. The Morgan fingerprint density at radius 3 is 2.20 bits per heavy atom. The molecule has 0 aliphatic carbocycles. The van der Waals surface area contributed by atoms with Gasteiger partial charge in [-0.1, -0.05) is 6.92 Å². The summed E-state index contributed by atoms with van der Waals surface area (Å²) in [6.45, 7) is 5.06. The number of aliphatic carboxylic acids is 1. The Labute approximate surface area is 204 Å². The van der Waals surface area contributed by atoms with Crippen molar-refractivity contribution in [3.63, 3.8) is 0 Å². The highest BCUT2D eigenvalue weighted by Crippen LogP contribution is 2.30. The number of aliphatic hydroxyl groups excluding tert-OH is 4. The van der Waals surface area contributed by atoms with Crippen LogP contribution < -0.4 is 21.3 Å². The first-order valence-corrected chi connectivity index (χ1v) is 11.7. The SMILES string of the molecule is CCN[C@@H](CCCNCCC1(O)O[C@H](CO)[C@H](O)[C@H](O)[C@H]1O)C(=O)N[C@@H](C)C(=O)N[C@@H](C)C(=O)O. The van der Waals surface area contributed by atoms with Gasteiger partial charge in [-0.15, -0.1) is 0 Å². The predicted octanol–water partition coefficient (Wildman–Crippen LogP) is -4.02. The van der Waals surface area contributed by atoms with Gasteiger partial charge in [-0.05, 0) is 39.8 Å². The van der Waals surface area contributed by atoms with E-state index in [1.165, 1.54) is 13.8 Å². The van der Waals surface area contributed by atoms with Gasteiger partial charge in [0.2, 0.25) is 11.8 Å². The number of hydrogen-bond donors (Lipinski definition) is 10. The molecule has 8 atom stereocenters. The minimum atomic E-state index is -2.15. The molecule has 10 N–H and O–H groups in total. The molecule has 1 saturated heterocycles. The van der Waals surface area contributed by atoms with E-state index in [-0.39, 0.29) is 13.0 Å². The third-order valence-corrected chi connectivity index (χ3v) is 5.81.